The summed E-state index contributed by atoms with van der Waals surface area (Å²) in [5.41, 5.74) is 1.27. The molecule has 1 heterocycles. The first-order chi connectivity index (χ1) is 9.50. The second-order valence-corrected chi connectivity index (χ2v) is 8.71. The van der Waals surface area contributed by atoms with Gasteiger partial charge in [0.05, 0.1) is 11.5 Å². The second-order valence-electron chi connectivity index (χ2n) is 5.56. The molecule has 3 nitrogen and oxygen atoms in total. The molecule has 1 saturated heterocycles. The molecule has 0 radical (unpaired) electrons. The van der Waals surface area contributed by atoms with Crippen molar-refractivity contribution in [3.05, 3.63) is 34.3 Å². The van der Waals surface area contributed by atoms with Gasteiger partial charge in [0.15, 0.2) is 9.84 Å². The van der Waals surface area contributed by atoms with Crippen molar-refractivity contribution in [2.75, 3.05) is 24.6 Å². The zero-order valence-corrected chi connectivity index (χ0v) is 14.2. The molecule has 0 spiro atoms. The van der Waals surface area contributed by atoms with Crippen LogP contribution in [0.1, 0.15) is 18.9 Å². The summed E-state index contributed by atoms with van der Waals surface area (Å²) in [6, 6.07) is 8.30. The standard InChI is InChI=1S/C15H22BrNO2S/c1-2-17-10-14(13-6-7-20(18,19)11-13)8-12-4-3-5-15(16)9-12/h3-5,9,13-14,17H,2,6-8,10-11H2,1H3. The molecule has 1 aliphatic rings. The van der Waals surface area contributed by atoms with E-state index in [2.05, 4.69) is 40.3 Å². The van der Waals surface area contributed by atoms with Gasteiger partial charge in [-0.3, -0.25) is 0 Å². The van der Waals surface area contributed by atoms with E-state index in [-0.39, 0.29) is 5.92 Å². The fraction of sp³-hybridized carbons (Fsp3) is 0.600. The zero-order valence-electron chi connectivity index (χ0n) is 11.8. The SMILES string of the molecule is CCNCC(Cc1cccc(Br)c1)C1CCS(=O)(=O)C1. The molecule has 1 aromatic carbocycles. The van der Waals surface area contributed by atoms with Crippen molar-refractivity contribution in [1.82, 2.24) is 5.32 Å². The molecule has 2 rings (SSSR count). The highest BCUT2D eigenvalue weighted by molar-refractivity contribution is 9.10. The lowest BCUT2D eigenvalue weighted by Crippen LogP contribution is -2.30. The lowest BCUT2D eigenvalue weighted by atomic mass is 9.86. The van der Waals surface area contributed by atoms with Crippen LogP contribution in [0, 0.1) is 11.8 Å². The lowest BCUT2D eigenvalue weighted by molar-refractivity contribution is 0.346. The van der Waals surface area contributed by atoms with E-state index in [9.17, 15) is 8.42 Å². The van der Waals surface area contributed by atoms with Gasteiger partial charge in [0.1, 0.15) is 0 Å². The third-order valence-corrected chi connectivity index (χ3v) is 6.26. The lowest BCUT2D eigenvalue weighted by Gasteiger charge is -2.23. The van der Waals surface area contributed by atoms with Crippen LogP contribution in [0.25, 0.3) is 0 Å². The van der Waals surface area contributed by atoms with Crippen LogP contribution in [-0.4, -0.2) is 33.0 Å². The summed E-state index contributed by atoms with van der Waals surface area (Å²) in [4.78, 5) is 0. The van der Waals surface area contributed by atoms with Gasteiger partial charge in [-0.2, -0.15) is 0 Å². The summed E-state index contributed by atoms with van der Waals surface area (Å²) in [7, 11) is -2.80. The van der Waals surface area contributed by atoms with Gasteiger partial charge in [-0.05, 0) is 55.5 Å². The van der Waals surface area contributed by atoms with E-state index in [1.807, 2.05) is 12.1 Å². The first kappa shape index (κ1) is 16.0. The predicted octanol–water partition coefficient (Wildman–Crippen LogP) is 2.65. The molecule has 0 amide bonds. The molecular formula is C15H22BrNO2S. The number of halogens is 1. The van der Waals surface area contributed by atoms with Crippen LogP contribution in [0.3, 0.4) is 0 Å². The highest BCUT2D eigenvalue weighted by Gasteiger charge is 2.33. The molecule has 1 fully saturated rings. The van der Waals surface area contributed by atoms with Crippen LogP contribution in [0.2, 0.25) is 0 Å². The monoisotopic (exact) mass is 359 g/mol. The molecule has 0 bridgehead atoms. The fourth-order valence-corrected chi connectivity index (χ4v) is 5.26. The summed E-state index contributed by atoms with van der Waals surface area (Å²) in [6.07, 6.45) is 1.75. The Bertz CT molecular complexity index is 545. The number of hydrogen-bond acceptors (Lipinski definition) is 3. The Kier molecular flexibility index (Phi) is 5.64. The average molecular weight is 360 g/mol. The maximum Gasteiger partial charge on any atom is 0.150 e. The number of sulfone groups is 1. The van der Waals surface area contributed by atoms with Gasteiger partial charge in [0.2, 0.25) is 0 Å². The number of rotatable bonds is 6. The van der Waals surface area contributed by atoms with Gasteiger partial charge in [0.25, 0.3) is 0 Å². The van der Waals surface area contributed by atoms with Crippen molar-refractivity contribution in [2.45, 2.75) is 19.8 Å². The first-order valence-corrected chi connectivity index (χ1v) is 9.77. The van der Waals surface area contributed by atoms with Gasteiger partial charge in [-0.1, -0.05) is 35.0 Å². The van der Waals surface area contributed by atoms with E-state index in [0.29, 0.717) is 17.4 Å². The van der Waals surface area contributed by atoms with Crippen LogP contribution in [-0.2, 0) is 16.3 Å². The molecule has 0 saturated carbocycles. The minimum Gasteiger partial charge on any atom is -0.317 e. The Labute approximate surface area is 130 Å². The smallest absolute Gasteiger partial charge is 0.150 e. The number of benzene rings is 1. The molecule has 0 aromatic heterocycles. The van der Waals surface area contributed by atoms with Gasteiger partial charge in [-0.25, -0.2) is 8.42 Å². The summed E-state index contributed by atoms with van der Waals surface area (Å²) < 4.78 is 24.5. The Morgan fingerprint density at radius 2 is 2.25 bits per heavy atom. The molecule has 1 aromatic rings. The minimum atomic E-state index is -2.80. The maximum atomic E-state index is 11.7. The first-order valence-electron chi connectivity index (χ1n) is 7.16. The Hall–Kier alpha value is -0.390. The third kappa shape index (κ3) is 4.57. The van der Waals surface area contributed by atoms with Crippen LogP contribution in [0.15, 0.2) is 28.7 Å². The van der Waals surface area contributed by atoms with Crippen molar-refractivity contribution >= 4 is 25.8 Å². The van der Waals surface area contributed by atoms with E-state index < -0.39 is 9.84 Å². The highest BCUT2D eigenvalue weighted by Crippen LogP contribution is 2.29. The molecule has 2 atom stereocenters. The van der Waals surface area contributed by atoms with Gasteiger partial charge in [-0.15, -0.1) is 0 Å². The quantitative estimate of drug-likeness (QED) is 0.849. The Balaban J connectivity index is 2.07. The van der Waals surface area contributed by atoms with E-state index >= 15 is 0 Å². The van der Waals surface area contributed by atoms with Crippen LogP contribution < -0.4 is 5.32 Å². The summed E-state index contributed by atoms with van der Waals surface area (Å²) in [6.45, 7) is 3.90. The molecule has 112 valence electrons. The minimum absolute atomic E-state index is 0.290. The molecule has 0 aliphatic carbocycles. The van der Waals surface area contributed by atoms with Crippen molar-refractivity contribution in [3.8, 4) is 0 Å². The normalized spacial score (nSPS) is 22.8. The maximum absolute atomic E-state index is 11.7. The summed E-state index contributed by atoms with van der Waals surface area (Å²) in [5.74, 6) is 1.40. The summed E-state index contributed by atoms with van der Waals surface area (Å²) >= 11 is 3.49. The topological polar surface area (TPSA) is 46.2 Å². The van der Waals surface area contributed by atoms with E-state index in [4.69, 9.17) is 0 Å². The molecule has 5 heteroatoms. The van der Waals surface area contributed by atoms with Crippen molar-refractivity contribution in [3.63, 3.8) is 0 Å². The van der Waals surface area contributed by atoms with Gasteiger partial charge < -0.3 is 5.32 Å². The molecule has 1 aliphatic heterocycles. The second kappa shape index (κ2) is 7.05. The van der Waals surface area contributed by atoms with Gasteiger partial charge >= 0.3 is 0 Å². The average Bonchev–Trinajstić information content (AvgIpc) is 2.75. The summed E-state index contributed by atoms with van der Waals surface area (Å²) in [5, 5.41) is 3.38. The van der Waals surface area contributed by atoms with E-state index in [1.165, 1.54) is 5.56 Å². The van der Waals surface area contributed by atoms with Crippen LogP contribution >= 0.6 is 15.9 Å². The van der Waals surface area contributed by atoms with Gasteiger partial charge in [0, 0.05) is 4.47 Å². The van der Waals surface area contributed by atoms with Crippen LogP contribution in [0.5, 0.6) is 0 Å². The van der Waals surface area contributed by atoms with Crippen molar-refractivity contribution in [2.24, 2.45) is 11.8 Å². The molecule has 20 heavy (non-hydrogen) atoms. The Morgan fingerprint density at radius 3 is 2.85 bits per heavy atom. The van der Waals surface area contributed by atoms with E-state index in [1.54, 1.807) is 0 Å². The number of hydrogen-bond donors (Lipinski definition) is 1. The van der Waals surface area contributed by atoms with Crippen LogP contribution in [0.4, 0.5) is 0 Å². The zero-order chi connectivity index (χ0) is 14.6. The van der Waals surface area contributed by atoms with Crippen molar-refractivity contribution in [1.29, 1.82) is 0 Å². The Morgan fingerprint density at radius 1 is 1.45 bits per heavy atom. The predicted molar refractivity (Wildman–Crippen MR) is 86.6 cm³/mol. The fourth-order valence-electron chi connectivity index (χ4n) is 2.90. The highest BCUT2D eigenvalue weighted by atomic mass is 79.9. The third-order valence-electron chi connectivity index (χ3n) is 3.98. The largest absolute Gasteiger partial charge is 0.317 e. The van der Waals surface area contributed by atoms with Crippen molar-refractivity contribution < 1.29 is 8.42 Å². The van der Waals surface area contributed by atoms with E-state index in [0.717, 1.165) is 30.4 Å². The molecule has 2 unspecified atom stereocenters. The molecule has 1 N–H and O–H groups in total. The molecular weight excluding hydrogens is 338 g/mol. The number of nitrogens with one attached hydrogen (secondary N) is 1.